The van der Waals surface area contributed by atoms with Gasteiger partial charge in [-0.25, -0.2) is 0 Å². The van der Waals surface area contributed by atoms with Crippen LogP contribution in [0.2, 0.25) is 0 Å². The molecule has 0 spiro atoms. The molecule has 4 nitrogen and oxygen atoms in total. The molecule has 1 aliphatic rings. The molecule has 7 heteroatoms. The minimum Gasteiger partial charge on any atom is -0.490 e. The number of likely N-dealkylation sites (tertiary alicyclic amines) is 1. The van der Waals surface area contributed by atoms with Crippen molar-refractivity contribution < 1.29 is 17.9 Å². The summed E-state index contributed by atoms with van der Waals surface area (Å²) in [7, 11) is 0. The highest BCUT2D eigenvalue weighted by molar-refractivity contribution is 5.80. The maximum Gasteiger partial charge on any atom is 0.416 e. The molecule has 0 unspecified atom stereocenters. The Hall–Kier alpha value is -2.67. The highest BCUT2D eigenvalue weighted by Crippen LogP contribution is 2.31. The van der Waals surface area contributed by atoms with Crippen LogP contribution in [-0.4, -0.2) is 40.6 Å². The van der Waals surface area contributed by atoms with E-state index >= 15 is 0 Å². The first-order valence-electron chi connectivity index (χ1n) is 10.0. The van der Waals surface area contributed by atoms with E-state index in [0.717, 1.165) is 66.9 Å². The third-order valence-electron chi connectivity index (χ3n) is 5.41. The zero-order valence-corrected chi connectivity index (χ0v) is 16.7. The van der Waals surface area contributed by atoms with E-state index in [1.165, 1.54) is 12.1 Å². The molecule has 2 aromatic heterocycles. The lowest BCUT2D eigenvalue weighted by molar-refractivity contribution is -0.137. The number of halogens is 3. The molecule has 0 N–H and O–H groups in total. The SMILES string of the molecule is Cc1nccc2nc([CH]CN3CCC(Oc4ccc(C(F)(F)F)cc4)CC3)ccc12. The fraction of sp³-hybridized carbons (Fsp3) is 0.348. The van der Waals surface area contributed by atoms with E-state index in [2.05, 4.69) is 27.4 Å². The zero-order valence-electron chi connectivity index (χ0n) is 16.7. The number of pyridine rings is 2. The van der Waals surface area contributed by atoms with Gasteiger partial charge in [0.2, 0.25) is 0 Å². The molecule has 0 amide bonds. The lowest BCUT2D eigenvalue weighted by atomic mass is 10.1. The van der Waals surface area contributed by atoms with Crippen LogP contribution in [0.25, 0.3) is 10.9 Å². The summed E-state index contributed by atoms with van der Waals surface area (Å²) in [6.07, 6.45) is 1.26. The molecule has 1 aliphatic heterocycles. The summed E-state index contributed by atoms with van der Waals surface area (Å²) in [6, 6.07) is 10.9. The van der Waals surface area contributed by atoms with E-state index < -0.39 is 11.7 Å². The van der Waals surface area contributed by atoms with Crippen LogP contribution in [0.3, 0.4) is 0 Å². The Kier molecular flexibility index (Phi) is 5.90. The smallest absolute Gasteiger partial charge is 0.416 e. The molecular formula is C23H23F3N3O. The van der Waals surface area contributed by atoms with Gasteiger partial charge in [-0.1, -0.05) is 0 Å². The maximum atomic E-state index is 12.7. The van der Waals surface area contributed by atoms with E-state index in [-0.39, 0.29) is 6.10 Å². The summed E-state index contributed by atoms with van der Waals surface area (Å²) < 4.78 is 43.8. The second-order valence-corrected chi connectivity index (χ2v) is 7.54. The Morgan fingerprint density at radius 1 is 1.07 bits per heavy atom. The minimum atomic E-state index is -4.32. The molecule has 0 saturated carbocycles. The monoisotopic (exact) mass is 414 g/mol. The number of alkyl halides is 3. The summed E-state index contributed by atoms with van der Waals surface area (Å²) in [5.41, 5.74) is 2.20. The zero-order chi connectivity index (χ0) is 21.1. The second kappa shape index (κ2) is 8.60. The van der Waals surface area contributed by atoms with Crippen LogP contribution in [-0.2, 0) is 6.18 Å². The van der Waals surface area contributed by atoms with Gasteiger partial charge in [0.25, 0.3) is 0 Å². The first-order valence-corrected chi connectivity index (χ1v) is 10.0. The molecular weight excluding hydrogens is 391 g/mol. The lowest BCUT2D eigenvalue weighted by Crippen LogP contribution is -2.38. The molecule has 4 rings (SSSR count). The summed E-state index contributed by atoms with van der Waals surface area (Å²) >= 11 is 0. The van der Waals surface area contributed by atoms with Gasteiger partial charge in [0, 0.05) is 49.0 Å². The quantitative estimate of drug-likeness (QED) is 0.585. The van der Waals surface area contributed by atoms with Crippen LogP contribution < -0.4 is 4.74 Å². The van der Waals surface area contributed by atoms with E-state index in [1.807, 2.05) is 19.1 Å². The molecule has 3 heterocycles. The van der Waals surface area contributed by atoms with E-state index in [9.17, 15) is 13.2 Å². The molecule has 157 valence electrons. The number of rotatable bonds is 5. The third-order valence-corrected chi connectivity index (χ3v) is 5.41. The fourth-order valence-corrected chi connectivity index (χ4v) is 3.67. The third kappa shape index (κ3) is 4.90. The highest BCUT2D eigenvalue weighted by Gasteiger charge is 2.30. The number of hydrogen-bond acceptors (Lipinski definition) is 4. The van der Waals surface area contributed by atoms with E-state index in [4.69, 9.17) is 4.74 Å². The van der Waals surface area contributed by atoms with Crippen molar-refractivity contribution >= 4 is 10.9 Å². The number of benzene rings is 1. The van der Waals surface area contributed by atoms with Gasteiger partial charge in [-0.3, -0.25) is 9.97 Å². The fourth-order valence-electron chi connectivity index (χ4n) is 3.67. The van der Waals surface area contributed by atoms with Gasteiger partial charge in [-0.2, -0.15) is 13.2 Å². The standard InChI is InChI=1S/C23H23F3N3O/c1-16-21-7-4-18(28-22(21)8-12-27-16)9-13-29-14-10-20(11-15-29)30-19-5-2-17(3-6-19)23(24,25)26/h2-9,12,20H,10-11,13-15H2,1H3. The molecule has 1 aromatic carbocycles. The van der Waals surface area contributed by atoms with Gasteiger partial charge in [0.05, 0.1) is 11.1 Å². The number of fused-ring (bicyclic) bond motifs is 1. The van der Waals surface area contributed by atoms with Crippen LogP contribution in [0.4, 0.5) is 13.2 Å². The number of piperidine rings is 1. The molecule has 30 heavy (non-hydrogen) atoms. The summed E-state index contributed by atoms with van der Waals surface area (Å²) in [4.78, 5) is 11.3. The predicted octanol–water partition coefficient (Wildman–Crippen LogP) is 5.05. The van der Waals surface area contributed by atoms with Crippen LogP contribution in [0.5, 0.6) is 5.75 Å². The number of ether oxygens (including phenoxy) is 1. The molecule has 1 saturated heterocycles. The average Bonchev–Trinajstić information content (AvgIpc) is 2.73. The average molecular weight is 414 g/mol. The second-order valence-electron chi connectivity index (χ2n) is 7.54. The number of aromatic nitrogens is 2. The van der Waals surface area contributed by atoms with Gasteiger partial charge in [0.15, 0.2) is 0 Å². The van der Waals surface area contributed by atoms with Crippen LogP contribution >= 0.6 is 0 Å². The van der Waals surface area contributed by atoms with Gasteiger partial charge < -0.3 is 9.64 Å². The van der Waals surface area contributed by atoms with Crippen molar-refractivity contribution in [2.24, 2.45) is 0 Å². The topological polar surface area (TPSA) is 38.2 Å². The molecule has 0 bridgehead atoms. The van der Waals surface area contributed by atoms with Gasteiger partial charge in [-0.05, 0) is 62.2 Å². The Balaban J connectivity index is 1.26. The minimum absolute atomic E-state index is 0.0206. The summed E-state index contributed by atoms with van der Waals surface area (Å²) in [5.74, 6) is 0.484. The number of hydrogen-bond donors (Lipinski definition) is 0. The lowest BCUT2D eigenvalue weighted by Gasteiger charge is -2.32. The van der Waals surface area contributed by atoms with Crippen molar-refractivity contribution in [3.8, 4) is 5.75 Å². The molecule has 0 aliphatic carbocycles. The van der Waals surface area contributed by atoms with E-state index in [0.29, 0.717) is 5.75 Å². The Morgan fingerprint density at radius 3 is 2.50 bits per heavy atom. The van der Waals surface area contributed by atoms with Gasteiger partial charge in [0.1, 0.15) is 11.9 Å². The molecule has 3 aromatic rings. The summed E-state index contributed by atoms with van der Waals surface area (Å²) in [6.45, 7) is 4.52. The maximum absolute atomic E-state index is 12.7. The Bertz CT molecular complexity index is 997. The van der Waals surface area contributed by atoms with Crippen LogP contribution in [0, 0.1) is 13.3 Å². The molecule has 1 radical (unpaired) electrons. The van der Waals surface area contributed by atoms with Crippen molar-refractivity contribution in [1.82, 2.24) is 14.9 Å². The number of nitrogens with zero attached hydrogens (tertiary/aromatic N) is 3. The van der Waals surface area contributed by atoms with Crippen molar-refractivity contribution in [1.29, 1.82) is 0 Å². The van der Waals surface area contributed by atoms with Gasteiger partial charge >= 0.3 is 6.18 Å². The molecule has 0 atom stereocenters. The Labute approximate surface area is 173 Å². The first kappa shape index (κ1) is 20.6. The van der Waals surface area contributed by atoms with Crippen molar-refractivity contribution in [2.45, 2.75) is 32.0 Å². The van der Waals surface area contributed by atoms with Crippen molar-refractivity contribution in [3.05, 3.63) is 72.0 Å². The van der Waals surface area contributed by atoms with Gasteiger partial charge in [-0.15, -0.1) is 0 Å². The molecule has 1 fully saturated rings. The highest BCUT2D eigenvalue weighted by atomic mass is 19.4. The first-order chi connectivity index (χ1) is 14.4. The Morgan fingerprint density at radius 2 is 1.80 bits per heavy atom. The van der Waals surface area contributed by atoms with Crippen LogP contribution in [0.1, 0.15) is 29.8 Å². The predicted molar refractivity (Wildman–Crippen MR) is 109 cm³/mol. The summed E-state index contributed by atoms with van der Waals surface area (Å²) in [5, 5.41) is 1.07. The van der Waals surface area contributed by atoms with E-state index in [1.54, 1.807) is 6.20 Å². The normalized spacial score (nSPS) is 16.1. The number of aryl methyl sites for hydroxylation is 1. The van der Waals surface area contributed by atoms with Crippen LogP contribution in [0.15, 0.2) is 48.7 Å². The van der Waals surface area contributed by atoms with Crippen molar-refractivity contribution in [3.63, 3.8) is 0 Å². The largest absolute Gasteiger partial charge is 0.490 e. The van der Waals surface area contributed by atoms with Crippen molar-refractivity contribution in [2.75, 3.05) is 19.6 Å².